The van der Waals surface area contributed by atoms with Crippen LogP contribution >= 0.6 is 0 Å². The molecule has 2 rings (SSSR count). The molecule has 0 unspecified atom stereocenters. The molecule has 0 bridgehead atoms. The van der Waals surface area contributed by atoms with Crippen molar-refractivity contribution in [1.82, 2.24) is 5.43 Å². The van der Waals surface area contributed by atoms with E-state index in [1.54, 1.807) is 12.1 Å². The molecule has 134 valence electrons. The van der Waals surface area contributed by atoms with Crippen molar-refractivity contribution in [3.63, 3.8) is 0 Å². The first-order chi connectivity index (χ1) is 11.9. The van der Waals surface area contributed by atoms with Crippen molar-refractivity contribution in [1.29, 1.82) is 0 Å². The van der Waals surface area contributed by atoms with Gasteiger partial charge in [0.15, 0.2) is 0 Å². The maximum Gasteiger partial charge on any atom is 0.264 e. The van der Waals surface area contributed by atoms with Crippen LogP contribution in [0.4, 0.5) is 10.1 Å². The van der Waals surface area contributed by atoms with E-state index in [4.69, 9.17) is 10.6 Å². The highest BCUT2D eigenvalue weighted by atomic mass is 32.2. The lowest BCUT2D eigenvalue weighted by atomic mass is 10.3. The standard InChI is InChI=1S/C16H18FN3O4S/c1-2-24-14-7-5-13(6-8-14)20(11-16(21)19-18)25(22,23)15-9-3-12(17)4-10-15/h3-10H,2,11,18H2,1H3,(H,19,21). The number of nitrogens with two attached hydrogens (primary N) is 1. The number of halogens is 1. The van der Waals surface area contributed by atoms with Gasteiger partial charge in [0.2, 0.25) is 0 Å². The van der Waals surface area contributed by atoms with Gasteiger partial charge in [-0.1, -0.05) is 0 Å². The molecule has 0 aliphatic heterocycles. The zero-order chi connectivity index (χ0) is 18.4. The molecule has 3 N–H and O–H groups in total. The molecular formula is C16H18FN3O4S. The molecule has 0 fully saturated rings. The smallest absolute Gasteiger partial charge is 0.264 e. The minimum absolute atomic E-state index is 0.146. The van der Waals surface area contributed by atoms with Gasteiger partial charge in [-0.2, -0.15) is 0 Å². The normalized spacial score (nSPS) is 11.0. The first-order valence-corrected chi connectivity index (χ1v) is 8.83. The van der Waals surface area contributed by atoms with Gasteiger partial charge in [-0.05, 0) is 55.5 Å². The molecule has 1 amide bonds. The first-order valence-electron chi connectivity index (χ1n) is 7.39. The van der Waals surface area contributed by atoms with Gasteiger partial charge in [0.05, 0.1) is 17.2 Å². The number of anilines is 1. The SMILES string of the molecule is CCOc1ccc(N(CC(=O)NN)S(=O)(=O)c2ccc(F)cc2)cc1. The summed E-state index contributed by atoms with van der Waals surface area (Å²) in [6.07, 6.45) is 0. The maximum absolute atomic E-state index is 13.1. The monoisotopic (exact) mass is 367 g/mol. The number of carbonyl (C=O) groups excluding carboxylic acids is 1. The number of nitrogens with one attached hydrogen (secondary N) is 1. The molecule has 0 radical (unpaired) electrons. The van der Waals surface area contributed by atoms with Crippen molar-refractivity contribution < 1.29 is 22.3 Å². The van der Waals surface area contributed by atoms with Crippen molar-refractivity contribution in [3.05, 3.63) is 54.3 Å². The van der Waals surface area contributed by atoms with Gasteiger partial charge in [-0.25, -0.2) is 18.7 Å². The van der Waals surface area contributed by atoms with Gasteiger partial charge in [0, 0.05) is 0 Å². The van der Waals surface area contributed by atoms with Crippen LogP contribution in [-0.4, -0.2) is 27.5 Å². The zero-order valence-electron chi connectivity index (χ0n) is 13.5. The average Bonchev–Trinajstić information content (AvgIpc) is 2.61. The number of rotatable bonds is 7. The highest BCUT2D eigenvalue weighted by molar-refractivity contribution is 7.92. The molecule has 2 aromatic carbocycles. The average molecular weight is 367 g/mol. The molecule has 0 saturated carbocycles. The fourth-order valence-electron chi connectivity index (χ4n) is 2.10. The number of ether oxygens (including phenoxy) is 1. The van der Waals surface area contributed by atoms with Gasteiger partial charge in [0.1, 0.15) is 18.1 Å². The molecule has 0 aromatic heterocycles. The largest absolute Gasteiger partial charge is 0.494 e. The van der Waals surface area contributed by atoms with Crippen molar-refractivity contribution in [2.24, 2.45) is 5.84 Å². The summed E-state index contributed by atoms with van der Waals surface area (Å²) in [6.45, 7) is 1.77. The second-order valence-electron chi connectivity index (χ2n) is 4.96. The summed E-state index contributed by atoms with van der Waals surface area (Å²) in [5, 5.41) is 0. The molecule has 0 spiro atoms. The van der Waals surface area contributed by atoms with E-state index >= 15 is 0 Å². The van der Waals surface area contributed by atoms with Gasteiger partial charge >= 0.3 is 0 Å². The van der Waals surface area contributed by atoms with Crippen molar-refractivity contribution in [2.75, 3.05) is 17.5 Å². The molecule has 0 heterocycles. The molecular weight excluding hydrogens is 349 g/mol. The Hall–Kier alpha value is -2.65. The lowest BCUT2D eigenvalue weighted by Crippen LogP contribution is -2.43. The molecule has 0 atom stereocenters. The van der Waals surface area contributed by atoms with E-state index in [9.17, 15) is 17.6 Å². The third-order valence-electron chi connectivity index (χ3n) is 3.29. The van der Waals surface area contributed by atoms with E-state index in [1.807, 2.05) is 12.3 Å². The number of nitrogens with zero attached hydrogens (tertiary/aromatic N) is 1. The van der Waals surface area contributed by atoms with Gasteiger partial charge in [-0.15, -0.1) is 0 Å². The quantitative estimate of drug-likeness (QED) is 0.438. The van der Waals surface area contributed by atoms with E-state index in [0.29, 0.717) is 12.4 Å². The third-order valence-corrected chi connectivity index (χ3v) is 5.07. The minimum Gasteiger partial charge on any atom is -0.494 e. The van der Waals surface area contributed by atoms with Gasteiger partial charge in [-0.3, -0.25) is 14.5 Å². The summed E-state index contributed by atoms with van der Waals surface area (Å²) in [4.78, 5) is 11.5. The minimum atomic E-state index is -4.09. The Labute approximate surface area is 145 Å². The van der Waals surface area contributed by atoms with Crippen molar-refractivity contribution in [2.45, 2.75) is 11.8 Å². The van der Waals surface area contributed by atoms with Crippen LogP contribution in [0.1, 0.15) is 6.92 Å². The van der Waals surface area contributed by atoms with Crippen LogP contribution in [0, 0.1) is 5.82 Å². The molecule has 7 nitrogen and oxygen atoms in total. The third kappa shape index (κ3) is 4.46. The number of hydrogen-bond donors (Lipinski definition) is 2. The Morgan fingerprint density at radius 1 is 1.16 bits per heavy atom. The van der Waals surface area contributed by atoms with Crippen LogP contribution < -0.4 is 20.3 Å². The first kappa shape index (κ1) is 18.7. The topological polar surface area (TPSA) is 102 Å². The molecule has 0 aliphatic carbocycles. The Morgan fingerprint density at radius 2 is 1.76 bits per heavy atom. The fourth-order valence-corrected chi connectivity index (χ4v) is 3.52. The lowest BCUT2D eigenvalue weighted by Gasteiger charge is -2.24. The second-order valence-corrected chi connectivity index (χ2v) is 6.82. The van der Waals surface area contributed by atoms with E-state index in [1.165, 1.54) is 12.1 Å². The molecule has 2 aromatic rings. The summed E-state index contributed by atoms with van der Waals surface area (Å²) in [5.74, 6) is 4.38. The summed E-state index contributed by atoms with van der Waals surface area (Å²) in [5.41, 5.74) is 2.15. The zero-order valence-corrected chi connectivity index (χ0v) is 14.3. The van der Waals surface area contributed by atoms with E-state index in [0.717, 1.165) is 28.6 Å². The lowest BCUT2D eigenvalue weighted by molar-refractivity contribution is -0.119. The predicted octanol–water partition coefficient (Wildman–Crippen LogP) is 1.41. The Kier molecular flexibility index (Phi) is 5.94. The summed E-state index contributed by atoms with van der Waals surface area (Å²) >= 11 is 0. The van der Waals surface area contributed by atoms with Crippen LogP contribution in [0.25, 0.3) is 0 Å². The number of amides is 1. The molecule has 9 heteroatoms. The number of hydrazine groups is 1. The fraction of sp³-hybridized carbons (Fsp3) is 0.188. The van der Waals surface area contributed by atoms with Gasteiger partial charge in [0.25, 0.3) is 15.9 Å². The van der Waals surface area contributed by atoms with Crippen LogP contribution in [0.15, 0.2) is 53.4 Å². The predicted molar refractivity (Wildman–Crippen MR) is 90.9 cm³/mol. The van der Waals surface area contributed by atoms with Crippen LogP contribution in [0.2, 0.25) is 0 Å². The van der Waals surface area contributed by atoms with E-state index in [2.05, 4.69) is 0 Å². The molecule has 25 heavy (non-hydrogen) atoms. The van der Waals surface area contributed by atoms with E-state index < -0.39 is 28.3 Å². The Morgan fingerprint density at radius 3 is 2.28 bits per heavy atom. The van der Waals surface area contributed by atoms with Gasteiger partial charge < -0.3 is 4.74 Å². The van der Waals surface area contributed by atoms with Crippen molar-refractivity contribution >= 4 is 21.6 Å². The summed E-state index contributed by atoms with van der Waals surface area (Å²) in [7, 11) is -4.09. The number of hydrogen-bond acceptors (Lipinski definition) is 5. The highest BCUT2D eigenvalue weighted by Crippen LogP contribution is 2.25. The summed E-state index contributed by atoms with van der Waals surface area (Å²) in [6, 6.07) is 10.5. The van der Waals surface area contributed by atoms with Crippen LogP contribution in [-0.2, 0) is 14.8 Å². The number of carbonyl (C=O) groups is 1. The number of sulfonamides is 1. The van der Waals surface area contributed by atoms with Crippen LogP contribution in [0.5, 0.6) is 5.75 Å². The Balaban J connectivity index is 2.44. The van der Waals surface area contributed by atoms with E-state index in [-0.39, 0.29) is 10.6 Å². The number of benzene rings is 2. The summed E-state index contributed by atoms with van der Waals surface area (Å²) < 4.78 is 45.0. The van der Waals surface area contributed by atoms with Crippen molar-refractivity contribution in [3.8, 4) is 5.75 Å². The second kappa shape index (κ2) is 7.95. The molecule has 0 aliphatic rings. The highest BCUT2D eigenvalue weighted by Gasteiger charge is 2.27. The Bertz CT molecular complexity index is 823. The maximum atomic E-state index is 13.1. The van der Waals surface area contributed by atoms with Crippen LogP contribution in [0.3, 0.4) is 0 Å². The molecule has 0 saturated heterocycles.